The van der Waals surface area contributed by atoms with Crippen molar-refractivity contribution in [2.75, 3.05) is 0 Å². The normalized spacial score (nSPS) is 11.4. The molecule has 0 amide bonds. The summed E-state index contributed by atoms with van der Waals surface area (Å²) in [6, 6.07) is 11.0. The molecule has 4 heteroatoms. The average molecular weight is 312 g/mol. The summed E-state index contributed by atoms with van der Waals surface area (Å²) in [6.45, 7) is 4.10. The largest absolute Gasteiger partial charge is 0.437 e. The van der Waals surface area contributed by atoms with Gasteiger partial charge in [0.1, 0.15) is 5.52 Å². The minimum Gasteiger partial charge on any atom is -0.437 e. The number of hydrogen-bond donors (Lipinski definition) is 0. The standard InChI is InChI=1S/C18H14ClNO2/c1-11-9-15-16(10-12(11)2)22-17(20-15)8-5-13-3-6-14(7-4-13)18(19)21/h3-10H,1-2H3. The number of hydrogen-bond acceptors (Lipinski definition) is 3. The van der Waals surface area contributed by atoms with Crippen LogP contribution in [0.4, 0.5) is 0 Å². The van der Waals surface area contributed by atoms with Gasteiger partial charge in [0.25, 0.3) is 5.24 Å². The van der Waals surface area contributed by atoms with E-state index in [2.05, 4.69) is 11.9 Å². The molecule has 0 aliphatic carbocycles. The van der Waals surface area contributed by atoms with Gasteiger partial charge in [-0.3, -0.25) is 4.79 Å². The lowest BCUT2D eigenvalue weighted by Crippen LogP contribution is -1.87. The summed E-state index contributed by atoms with van der Waals surface area (Å²) in [5, 5.41) is -0.458. The van der Waals surface area contributed by atoms with E-state index in [9.17, 15) is 4.79 Å². The average Bonchev–Trinajstić information content (AvgIpc) is 2.88. The van der Waals surface area contributed by atoms with E-state index in [-0.39, 0.29) is 0 Å². The predicted molar refractivity (Wildman–Crippen MR) is 89.0 cm³/mol. The summed E-state index contributed by atoms with van der Waals surface area (Å²) in [4.78, 5) is 15.5. The fourth-order valence-corrected chi connectivity index (χ4v) is 2.29. The Morgan fingerprint density at radius 1 is 1.09 bits per heavy atom. The maximum atomic E-state index is 11.0. The highest BCUT2D eigenvalue weighted by Gasteiger charge is 2.05. The second kappa shape index (κ2) is 5.78. The lowest BCUT2D eigenvalue weighted by Gasteiger charge is -1.96. The van der Waals surface area contributed by atoms with Crippen molar-refractivity contribution in [2.24, 2.45) is 0 Å². The van der Waals surface area contributed by atoms with Crippen LogP contribution in [0.25, 0.3) is 23.3 Å². The number of aromatic nitrogens is 1. The van der Waals surface area contributed by atoms with Crippen LogP contribution in [0, 0.1) is 13.8 Å². The zero-order valence-corrected chi connectivity index (χ0v) is 13.0. The van der Waals surface area contributed by atoms with Crippen molar-refractivity contribution < 1.29 is 9.21 Å². The molecular formula is C18H14ClNO2. The molecule has 0 N–H and O–H groups in total. The number of nitrogens with zero attached hydrogens (tertiary/aromatic N) is 1. The van der Waals surface area contributed by atoms with Crippen LogP contribution in [0.3, 0.4) is 0 Å². The number of aryl methyl sites for hydroxylation is 2. The first-order chi connectivity index (χ1) is 10.5. The summed E-state index contributed by atoms with van der Waals surface area (Å²) >= 11 is 5.42. The molecule has 3 nitrogen and oxygen atoms in total. The number of carbonyl (C=O) groups excluding carboxylic acids is 1. The Labute approximate surface area is 133 Å². The van der Waals surface area contributed by atoms with Gasteiger partial charge in [0, 0.05) is 11.6 Å². The van der Waals surface area contributed by atoms with Crippen LogP contribution in [0.15, 0.2) is 40.8 Å². The Balaban J connectivity index is 1.87. The molecule has 0 spiro atoms. The van der Waals surface area contributed by atoms with Gasteiger partial charge >= 0.3 is 0 Å². The molecule has 0 bridgehead atoms. The number of halogens is 1. The van der Waals surface area contributed by atoms with E-state index in [1.807, 2.05) is 43.3 Å². The van der Waals surface area contributed by atoms with Crippen LogP contribution < -0.4 is 0 Å². The fraction of sp³-hybridized carbons (Fsp3) is 0.111. The number of benzene rings is 2. The summed E-state index contributed by atoms with van der Waals surface area (Å²) in [5.74, 6) is 0.553. The topological polar surface area (TPSA) is 43.1 Å². The van der Waals surface area contributed by atoms with Gasteiger partial charge in [0.05, 0.1) is 0 Å². The van der Waals surface area contributed by atoms with E-state index in [4.69, 9.17) is 16.0 Å². The molecule has 22 heavy (non-hydrogen) atoms. The molecule has 0 radical (unpaired) electrons. The van der Waals surface area contributed by atoms with E-state index in [0.29, 0.717) is 11.5 Å². The third-order valence-electron chi connectivity index (χ3n) is 3.58. The van der Waals surface area contributed by atoms with Gasteiger partial charge in [-0.1, -0.05) is 12.1 Å². The molecule has 3 rings (SSSR count). The van der Waals surface area contributed by atoms with Crippen molar-refractivity contribution in [1.29, 1.82) is 0 Å². The van der Waals surface area contributed by atoms with Gasteiger partial charge in [0.15, 0.2) is 5.58 Å². The smallest absolute Gasteiger partial charge is 0.252 e. The molecule has 2 aromatic carbocycles. The predicted octanol–water partition coefficient (Wildman–Crippen LogP) is 4.99. The van der Waals surface area contributed by atoms with E-state index in [0.717, 1.165) is 16.7 Å². The van der Waals surface area contributed by atoms with Crippen LogP contribution in [-0.4, -0.2) is 10.2 Å². The van der Waals surface area contributed by atoms with E-state index >= 15 is 0 Å². The lowest BCUT2D eigenvalue weighted by molar-refractivity contribution is 0.108. The maximum absolute atomic E-state index is 11.0. The number of fused-ring (bicyclic) bond motifs is 1. The number of oxazole rings is 1. The van der Waals surface area contributed by atoms with Gasteiger partial charge in [-0.25, -0.2) is 4.98 Å². The highest BCUT2D eigenvalue weighted by atomic mass is 35.5. The molecule has 0 aliphatic heterocycles. The minimum atomic E-state index is -0.458. The molecule has 0 atom stereocenters. The van der Waals surface area contributed by atoms with Crippen LogP contribution in [0.5, 0.6) is 0 Å². The first kappa shape index (κ1) is 14.5. The van der Waals surface area contributed by atoms with Crippen molar-refractivity contribution in [3.8, 4) is 0 Å². The molecule has 110 valence electrons. The second-order valence-corrected chi connectivity index (χ2v) is 5.53. The molecule has 3 aromatic rings. The van der Waals surface area contributed by atoms with Gasteiger partial charge < -0.3 is 4.42 Å². The van der Waals surface area contributed by atoms with Crippen LogP contribution >= 0.6 is 11.6 Å². The van der Waals surface area contributed by atoms with Crippen molar-refractivity contribution in [1.82, 2.24) is 4.98 Å². The summed E-state index contributed by atoms with van der Waals surface area (Å²) < 4.78 is 5.71. The molecule has 1 heterocycles. The van der Waals surface area contributed by atoms with Gasteiger partial charge in [-0.15, -0.1) is 0 Å². The van der Waals surface area contributed by atoms with E-state index < -0.39 is 5.24 Å². The van der Waals surface area contributed by atoms with Crippen molar-refractivity contribution >= 4 is 40.1 Å². The molecule has 0 saturated carbocycles. The second-order valence-electron chi connectivity index (χ2n) is 5.19. The summed E-state index contributed by atoms with van der Waals surface area (Å²) in [5.41, 5.74) is 5.43. The Hall–Kier alpha value is -2.39. The van der Waals surface area contributed by atoms with Crippen molar-refractivity contribution in [3.63, 3.8) is 0 Å². The van der Waals surface area contributed by atoms with Gasteiger partial charge in [0.2, 0.25) is 5.89 Å². The van der Waals surface area contributed by atoms with Gasteiger partial charge in [-0.05, 0) is 72.5 Å². The molecule has 0 unspecified atom stereocenters. The Morgan fingerprint density at radius 2 is 1.77 bits per heavy atom. The molecule has 0 aliphatic rings. The van der Waals surface area contributed by atoms with Crippen LogP contribution in [0.2, 0.25) is 0 Å². The highest BCUT2D eigenvalue weighted by Crippen LogP contribution is 2.21. The SMILES string of the molecule is Cc1cc2nc(C=Cc3ccc(C(=O)Cl)cc3)oc2cc1C. The molecule has 1 aromatic heterocycles. The summed E-state index contributed by atoms with van der Waals surface area (Å²) in [6.07, 6.45) is 3.69. The van der Waals surface area contributed by atoms with Crippen LogP contribution in [0.1, 0.15) is 32.9 Å². The Kier molecular flexibility index (Phi) is 3.82. The third-order valence-corrected chi connectivity index (χ3v) is 3.79. The number of rotatable bonds is 3. The molecule has 0 fully saturated rings. The zero-order valence-electron chi connectivity index (χ0n) is 12.3. The molecular weight excluding hydrogens is 298 g/mol. The summed E-state index contributed by atoms with van der Waals surface area (Å²) in [7, 11) is 0. The van der Waals surface area contributed by atoms with Crippen molar-refractivity contribution in [2.45, 2.75) is 13.8 Å². The van der Waals surface area contributed by atoms with E-state index in [1.165, 1.54) is 11.1 Å². The third kappa shape index (κ3) is 2.95. The molecule has 0 saturated heterocycles. The highest BCUT2D eigenvalue weighted by molar-refractivity contribution is 6.67. The quantitative estimate of drug-likeness (QED) is 0.640. The Morgan fingerprint density at radius 3 is 2.45 bits per heavy atom. The first-order valence-corrected chi connectivity index (χ1v) is 7.26. The fourth-order valence-electron chi connectivity index (χ4n) is 2.16. The maximum Gasteiger partial charge on any atom is 0.252 e. The zero-order chi connectivity index (χ0) is 15.7. The van der Waals surface area contributed by atoms with Gasteiger partial charge in [-0.2, -0.15) is 0 Å². The first-order valence-electron chi connectivity index (χ1n) is 6.89. The Bertz CT molecular complexity index is 837. The van der Waals surface area contributed by atoms with Crippen LogP contribution in [-0.2, 0) is 0 Å². The van der Waals surface area contributed by atoms with E-state index in [1.54, 1.807) is 12.1 Å². The monoisotopic (exact) mass is 311 g/mol. The minimum absolute atomic E-state index is 0.458. The van der Waals surface area contributed by atoms with Crippen molar-refractivity contribution in [3.05, 3.63) is 64.5 Å². The lowest BCUT2D eigenvalue weighted by atomic mass is 10.1. The number of carbonyl (C=O) groups is 1.